The van der Waals surface area contributed by atoms with Crippen molar-refractivity contribution >= 4 is 10.8 Å². The van der Waals surface area contributed by atoms with Gasteiger partial charge in [0.1, 0.15) is 0 Å². The van der Waals surface area contributed by atoms with Gasteiger partial charge in [-0.1, -0.05) is 36.4 Å². The van der Waals surface area contributed by atoms with Gasteiger partial charge in [-0.25, -0.2) is 0 Å². The summed E-state index contributed by atoms with van der Waals surface area (Å²) in [7, 11) is 0. The maximum Gasteiger partial charge on any atom is 0.0211 e. The van der Waals surface area contributed by atoms with Crippen LogP contribution in [0.4, 0.5) is 0 Å². The molecule has 0 fully saturated rings. The largest absolute Gasteiger partial charge is 0.315 e. The first-order chi connectivity index (χ1) is 11.9. The van der Waals surface area contributed by atoms with Crippen molar-refractivity contribution < 1.29 is 0 Å². The molecule has 0 aliphatic carbocycles. The molecule has 0 atom stereocenters. The van der Waals surface area contributed by atoms with E-state index in [4.69, 9.17) is 0 Å². The van der Waals surface area contributed by atoms with Crippen LogP contribution in [0.3, 0.4) is 0 Å². The Morgan fingerprint density at radius 1 is 0.500 bits per heavy atom. The first kappa shape index (κ1) is 17.4. The molecule has 0 saturated carbocycles. The molecule has 130 valence electrons. The van der Waals surface area contributed by atoms with Gasteiger partial charge < -0.3 is 21.3 Å². The zero-order valence-electron chi connectivity index (χ0n) is 14.5. The molecule has 1 heterocycles. The molecule has 1 aliphatic rings. The summed E-state index contributed by atoms with van der Waals surface area (Å²) in [6, 6.07) is 13.4. The van der Waals surface area contributed by atoms with Crippen molar-refractivity contribution in [3.05, 3.63) is 47.5 Å². The summed E-state index contributed by atoms with van der Waals surface area (Å²) < 4.78 is 0. The quantitative estimate of drug-likeness (QED) is 0.598. The van der Waals surface area contributed by atoms with E-state index >= 15 is 0 Å². The predicted molar refractivity (Wildman–Crippen MR) is 102 cm³/mol. The van der Waals surface area contributed by atoms with Gasteiger partial charge in [-0.3, -0.25) is 0 Å². The number of benzene rings is 2. The molecule has 2 bridgehead atoms. The van der Waals surface area contributed by atoms with Crippen LogP contribution in [-0.4, -0.2) is 39.3 Å². The monoisotopic (exact) mass is 326 g/mol. The van der Waals surface area contributed by atoms with E-state index in [1.165, 1.54) is 34.7 Å². The third-order valence-electron chi connectivity index (χ3n) is 4.63. The SMILES string of the molecule is c1ccc2c3ccc(c2c1)CNCCCNCCNCCCNC3. The van der Waals surface area contributed by atoms with E-state index in [2.05, 4.69) is 57.7 Å². The molecule has 1 aliphatic heterocycles. The highest BCUT2D eigenvalue weighted by Crippen LogP contribution is 2.23. The molecule has 4 N–H and O–H groups in total. The van der Waals surface area contributed by atoms with Crippen LogP contribution < -0.4 is 21.3 Å². The third-order valence-corrected chi connectivity index (χ3v) is 4.63. The van der Waals surface area contributed by atoms with Crippen molar-refractivity contribution in [1.29, 1.82) is 0 Å². The second-order valence-corrected chi connectivity index (χ2v) is 6.49. The van der Waals surface area contributed by atoms with Gasteiger partial charge in [0, 0.05) is 26.2 Å². The maximum absolute atomic E-state index is 3.59. The van der Waals surface area contributed by atoms with E-state index < -0.39 is 0 Å². The lowest BCUT2D eigenvalue weighted by Gasteiger charge is -2.14. The van der Waals surface area contributed by atoms with Crippen molar-refractivity contribution in [3.8, 4) is 0 Å². The van der Waals surface area contributed by atoms with Crippen molar-refractivity contribution in [1.82, 2.24) is 21.3 Å². The van der Waals surface area contributed by atoms with Crippen LogP contribution >= 0.6 is 0 Å². The number of hydrogen-bond acceptors (Lipinski definition) is 4. The van der Waals surface area contributed by atoms with Crippen LogP contribution in [0.15, 0.2) is 36.4 Å². The van der Waals surface area contributed by atoms with Crippen LogP contribution in [0.25, 0.3) is 10.8 Å². The molecule has 0 saturated heterocycles. The van der Waals surface area contributed by atoms with E-state index in [9.17, 15) is 0 Å². The molecule has 2 aromatic rings. The van der Waals surface area contributed by atoms with Gasteiger partial charge in [0.2, 0.25) is 0 Å². The zero-order valence-corrected chi connectivity index (χ0v) is 14.5. The Balaban J connectivity index is 1.72. The first-order valence-corrected chi connectivity index (χ1v) is 9.27. The Morgan fingerprint density at radius 3 is 1.46 bits per heavy atom. The lowest BCUT2D eigenvalue weighted by atomic mass is 9.99. The van der Waals surface area contributed by atoms with Crippen LogP contribution in [0.5, 0.6) is 0 Å². The Morgan fingerprint density at radius 2 is 0.958 bits per heavy atom. The van der Waals surface area contributed by atoms with E-state index in [0.717, 1.165) is 52.4 Å². The average Bonchev–Trinajstić information content (AvgIpc) is 2.62. The van der Waals surface area contributed by atoms with E-state index in [1.54, 1.807) is 0 Å². The summed E-state index contributed by atoms with van der Waals surface area (Å²) in [5.74, 6) is 0. The Kier molecular flexibility index (Phi) is 7.05. The molecule has 0 radical (unpaired) electrons. The normalized spacial score (nSPS) is 19.0. The summed E-state index contributed by atoms with van der Waals surface area (Å²) in [6.07, 6.45) is 2.33. The minimum atomic E-state index is 0.940. The molecular weight excluding hydrogens is 296 g/mol. The van der Waals surface area contributed by atoms with Gasteiger partial charge in [-0.05, 0) is 60.9 Å². The molecule has 0 aromatic heterocycles. The zero-order chi connectivity index (χ0) is 16.5. The number of hydrogen-bond donors (Lipinski definition) is 4. The fourth-order valence-electron chi connectivity index (χ4n) is 3.28. The highest BCUT2D eigenvalue weighted by molar-refractivity contribution is 5.88. The van der Waals surface area contributed by atoms with E-state index in [1.807, 2.05) is 0 Å². The Hall–Kier alpha value is -1.46. The first-order valence-electron chi connectivity index (χ1n) is 9.27. The number of fused-ring (bicyclic) bond motifs is 6. The minimum absolute atomic E-state index is 0.940. The summed E-state index contributed by atoms with van der Waals surface area (Å²) in [5.41, 5.74) is 2.79. The fraction of sp³-hybridized carbons (Fsp3) is 0.500. The molecule has 4 nitrogen and oxygen atoms in total. The lowest BCUT2D eigenvalue weighted by Crippen LogP contribution is -2.31. The number of rotatable bonds is 0. The van der Waals surface area contributed by atoms with Crippen molar-refractivity contribution in [2.45, 2.75) is 25.9 Å². The predicted octanol–water partition coefficient (Wildman–Crippen LogP) is 1.99. The van der Waals surface area contributed by atoms with E-state index in [-0.39, 0.29) is 0 Å². The minimum Gasteiger partial charge on any atom is -0.315 e. The van der Waals surface area contributed by atoms with Gasteiger partial charge in [0.25, 0.3) is 0 Å². The molecule has 0 amide bonds. The average molecular weight is 326 g/mol. The van der Waals surface area contributed by atoms with Crippen molar-refractivity contribution in [3.63, 3.8) is 0 Å². The molecule has 3 rings (SSSR count). The molecule has 2 aromatic carbocycles. The second kappa shape index (κ2) is 9.74. The van der Waals surface area contributed by atoms with Crippen LogP contribution in [0, 0.1) is 0 Å². The smallest absolute Gasteiger partial charge is 0.0211 e. The van der Waals surface area contributed by atoms with Gasteiger partial charge >= 0.3 is 0 Å². The van der Waals surface area contributed by atoms with Crippen LogP contribution in [0.1, 0.15) is 24.0 Å². The van der Waals surface area contributed by atoms with Crippen LogP contribution in [-0.2, 0) is 13.1 Å². The van der Waals surface area contributed by atoms with Gasteiger partial charge in [-0.2, -0.15) is 0 Å². The summed E-state index contributed by atoms with van der Waals surface area (Å²) in [5, 5.41) is 16.9. The molecule has 24 heavy (non-hydrogen) atoms. The topological polar surface area (TPSA) is 48.1 Å². The summed E-state index contributed by atoms with van der Waals surface area (Å²) >= 11 is 0. The Labute approximate surface area is 145 Å². The molecule has 4 heteroatoms. The summed E-state index contributed by atoms with van der Waals surface area (Å²) in [6.45, 7) is 8.26. The third kappa shape index (κ3) is 5.02. The second-order valence-electron chi connectivity index (χ2n) is 6.49. The fourth-order valence-corrected chi connectivity index (χ4v) is 3.28. The van der Waals surface area contributed by atoms with Gasteiger partial charge in [0.15, 0.2) is 0 Å². The molecule has 0 unspecified atom stereocenters. The standard InChI is InChI=1S/C20H30N4/c1-2-6-20-18-8-7-17(19(20)5-1)15-23-11-3-9-21-13-14-22-10-4-12-24-16-18/h1-2,5-8,21-24H,3-4,9-16H2. The highest BCUT2D eigenvalue weighted by atomic mass is 14.9. The van der Waals surface area contributed by atoms with Crippen molar-refractivity contribution in [2.75, 3.05) is 39.3 Å². The Bertz CT molecular complexity index is 572. The lowest BCUT2D eigenvalue weighted by molar-refractivity contribution is 0.555. The van der Waals surface area contributed by atoms with Gasteiger partial charge in [0.05, 0.1) is 0 Å². The number of nitrogens with one attached hydrogen (secondary N) is 4. The van der Waals surface area contributed by atoms with Crippen LogP contribution in [0.2, 0.25) is 0 Å². The molecular formula is C20H30N4. The molecule has 0 spiro atoms. The van der Waals surface area contributed by atoms with Gasteiger partial charge in [-0.15, -0.1) is 0 Å². The summed E-state index contributed by atoms with van der Waals surface area (Å²) in [4.78, 5) is 0. The van der Waals surface area contributed by atoms with E-state index in [0.29, 0.717) is 0 Å². The maximum atomic E-state index is 3.59. The highest BCUT2D eigenvalue weighted by Gasteiger charge is 2.05. The van der Waals surface area contributed by atoms with Crippen molar-refractivity contribution in [2.24, 2.45) is 0 Å².